The Hall–Kier alpha value is -3.23. The summed E-state index contributed by atoms with van der Waals surface area (Å²) in [5, 5.41) is 4.70. The highest BCUT2D eigenvalue weighted by atomic mass is 32.2. The second-order valence-electron chi connectivity index (χ2n) is 9.02. The highest BCUT2D eigenvalue weighted by molar-refractivity contribution is 7.89. The first-order valence-electron chi connectivity index (χ1n) is 12.3. The van der Waals surface area contributed by atoms with E-state index in [2.05, 4.69) is 5.32 Å². The lowest BCUT2D eigenvalue weighted by molar-refractivity contribution is -0.141. The van der Waals surface area contributed by atoms with Crippen molar-refractivity contribution in [2.45, 2.75) is 57.1 Å². The second-order valence-corrected chi connectivity index (χ2v) is 11.1. The van der Waals surface area contributed by atoms with Gasteiger partial charge in [-0.3, -0.25) is 9.59 Å². The Labute approximate surface area is 214 Å². The van der Waals surface area contributed by atoms with Gasteiger partial charge in [0.25, 0.3) is 0 Å². The number of hydrogen-bond donors (Lipinski definition) is 1. The Balaban J connectivity index is 1.86. The highest BCUT2D eigenvalue weighted by Crippen LogP contribution is 2.22. The largest absolute Gasteiger partial charge is 0.352 e. The van der Waals surface area contributed by atoms with Crippen LogP contribution in [0.1, 0.15) is 39.2 Å². The zero-order valence-electron chi connectivity index (χ0n) is 21.3. The average molecular weight is 510 g/mol. The zero-order valence-corrected chi connectivity index (χ0v) is 22.2. The summed E-state index contributed by atoms with van der Waals surface area (Å²) in [6.07, 6.45) is 1.17. The Morgan fingerprint density at radius 3 is 2.17 bits per heavy atom. The van der Waals surface area contributed by atoms with Gasteiger partial charge in [-0.15, -0.1) is 0 Å². The van der Waals surface area contributed by atoms with Crippen LogP contribution in [0.5, 0.6) is 0 Å². The van der Waals surface area contributed by atoms with Gasteiger partial charge in [0.1, 0.15) is 6.04 Å². The molecule has 0 spiro atoms. The lowest BCUT2D eigenvalue weighted by Crippen LogP contribution is -2.53. The second kappa shape index (κ2) is 12.1. The summed E-state index contributed by atoms with van der Waals surface area (Å²) in [5.41, 5.74) is 0.862. The fourth-order valence-corrected chi connectivity index (χ4v) is 5.17. The molecule has 7 nitrogen and oxygen atoms in total. The van der Waals surface area contributed by atoms with E-state index in [1.54, 1.807) is 18.2 Å². The fourth-order valence-electron chi connectivity index (χ4n) is 4.01. The number of amides is 2. The summed E-state index contributed by atoms with van der Waals surface area (Å²) in [4.78, 5) is 28.2. The first kappa shape index (κ1) is 27.4. The van der Waals surface area contributed by atoms with Crippen molar-refractivity contribution in [3.05, 3.63) is 78.4 Å². The van der Waals surface area contributed by atoms with Crippen LogP contribution in [0.2, 0.25) is 0 Å². The van der Waals surface area contributed by atoms with Crippen molar-refractivity contribution in [3.8, 4) is 0 Å². The number of rotatable bonds is 11. The number of nitrogens with one attached hydrogen (secondary N) is 1. The van der Waals surface area contributed by atoms with Gasteiger partial charge in [0.15, 0.2) is 0 Å². The van der Waals surface area contributed by atoms with Crippen molar-refractivity contribution in [3.63, 3.8) is 0 Å². The number of likely N-dealkylation sites (N-methyl/N-ethyl adjacent to an activating group) is 1. The van der Waals surface area contributed by atoms with Crippen LogP contribution in [-0.2, 0) is 26.2 Å². The van der Waals surface area contributed by atoms with Gasteiger partial charge in [-0.05, 0) is 48.2 Å². The third-order valence-corrected chi connectivity index (χ3v) is 8.17. The number of hydrogen-bond acceptors (Lipinski definition) is 4. The number of fused-ring (bicyclic) bond motifs is 1. The number of sulfonamides is 1. The first-order chi connectivity index (χ1) is 17.2. The third-order valence-electron chi connectivity index (χ3n) is 6.37. The molecule has 0 aliphatic rings. The van der Waals surface area contributed by atoms with E-state index < -0.39 is 22.0 Å². The van der Waals surface area contributed by atoms with Crippen molar-refractivity contribution < 1.29 is 18.0 Å². The van der Waals surface area contributed by atoms with Crippen LogP contribution >= 0.6 is 0 Å². The average Bonchev–Trinajstić information content (AvgIpc) is 2.88. The summed E-state index contributed by atoms with van der Waals surface area (Å²) in [7, 11) is -2.53. The van der Waals surface area contributed by atoms with Gasteiger partial charge in [-0.2, -0.15) is 4.31 Å². The molecule has 0 aliphatic heterocycles. The van der Waals surface area contributed by atoms with Crippen molar-refractivity contribution in [1.29, 1.82) is 0 Å². The molecule has 0 aromatic heterocycles. The van der Waals surface area contributed by atoms with E-state index in [1.165, 1.54) is 11.9 Å². The van der Waals surface area contributed by atoms with Crippen LogP contribution in [0.25, 0.3) is 10.8 Å². The van der Waals surface area contributed by atoms with Gasteiger partial charge in [0, 0.05) is 19.6 Å². The van der Waals surface area contributed by atoms with E-state index in [-0.39, 0.29) is 29.9 Å². The molecule has 0 saturated carbocycles. The molecule has 192 valence electrons. The lowest BCUT2D eigenvalue weighted by Gasteiger charge is -2.32. The molecule has 0 saturated heterocycles. The highest BCUT2D eigenvalue weighted by Gasteiger charge is 2.32. The van der Waals surface area contributed by atoms with Crippen LogP contribution in [0.15, 0.2) is 77.7 Å². The van der Waals surface area contributed by atoms with Gasteiger partial charge in [0.05, 0.1) is 11.4 Å². The molecule has 0 radical (unpaired) electrons. The van der Waals surface area contributed by atoms with Gasteiger partial charge >= 0.3 is 0 Å². The van der Waals surface area contributed by atoms with E-state index >= 15 is 0 Å². The molecular formula is C28H35N3O4S. The summed E-state index contributed by atoms with van der Waals surface area (Å²) in [6.45, 7) is 5.57. The topological polar surface area (TPSA) is 86.8 Å². The SMILES string of the molecule is CCC(C)NC(=O)C(CC)N(Cc1ccccc1)C(=O)CN(C)S(=O)(=O)c1ccc2ccccc2c1. The minimum absolute atomic E-state index is 0.0313. The maximum atomic E-state index is 13.5. The Bertz CT molecular complexity index is 1290. The molecule has 2 atom stereocenters. The Morgan fingerprint density at radius 1 is 0.889 bits per heavy atom. The molecule has 0 heterocycles. The maximum Gasteiger partial charge on any atom is 0.243 e. The van der Waals surface area contributed by atoms with Crippen LogP contribution in [-0.4, -0.2) is 55.1 Å². The Kier molecular flexibility index (Phi) is 9.23. The molecule has 0 fully saturated rings. The molecule has 1 N–H and O–H groups in total. The van der Waals surface area contributed by atoms with Crippen molar-refractivity contribution >= 4 is 32.6 Å². The van der Waals surface area contributed by atoms with E-state index in [0.29, 0.717) is 6.42 Å². The smallest absolute Gasteiger partial charge is 0.243 e. The number of carbonyl (C=O) groups is 2. The van der Waals surface area contributed by atoms with Gasteiger partial charge < -0.3 is 10.2 Å². The Morgan fingerprint density at radius 2 is 1.53 bits per heavy atom. The molecule has 0 aliphatic carbocycles. The van der Waals surface area contributed by atoms with Crippen molar-refractivity contribution in [1.82, 2.24) is 14.5 Å². The number of nitrogens with zero attached hydrogens (tertiary/aromatic N) is 2. The lowest BCUT2D eigenvalue weighted by atomic mass is 10.1. The number of benzene rings is 3. The monoisotopic (exact) mass is 509 g/mol. The molecule has 0 bridgehead atoms. The molecule has 8 heteroatoms. The predicted molar refractivity (Wildman–Crippen MR) is 143 cm³/mol. The molecule has 3 aromatic rings. The first-order valence-corrected chi connectivity index (χ1v) is 13.7. The van der Waals surface area contributed by atoms with Gasteiger partial charge in [0.2, 0.25) is 21.8 Å². The zero-order chi connectivity index (χ0) is 26.3. The maximum absolute atomic E-state index is 13.5. The van der Waals surface area contributed by atoms with E-state index in [0.717, 1.165) is 27.1 Å². The standard InChI is InChI=1S/C28H35N3O4S/c1-5-21(3)29-28(33)26(6-2)31(19-22-12-8-7-9-13-22)27(32)20-30(4)36(34,35)25-17-16-23-14-10-11-15-24(23)18-25/h7-18,21,26H,5-6,19-20H2,1-4H3,(H,29,33). The minimum Gasteiger partial charge on any atom is -0.352 e. The molecule has 36 heavy (non-hydrogen) atoms. The molecule has 3 aromatic carbocycles. The van der Waals surface area contributed by atoms with Crippen molar-refractivity contribution in [2.24, 2.45) is 0 Å². The van der Waals surface area contributed by atoms with Crippen LogP contribution < -0.4 is 5.32 Å². The van der Waals surface area contributed by atoms with E-state index in [4.69, 9.17) is 0 Å². The summed E-state index contributed by atoms with van der Waals surface area (Å²) in [5.74, 6) is -0.673. The normalized spacial score (nSPS) is 13.4. The summed E-state index contributed by atoms with van der Waals surface area (Å²) >= 11 is 0. The fraction of sp³-hybridized carbons (Fsp3) is 0.357. The van der Waals surface area contributed by atoms with Gasteiger partial charge in [-0.1, -0.05) is 74.5 Å². The van der Waals surface area contributed by atoms with Crippen molar-refractivity contribution in [2.75, 3.05) is 13.6 Å². The molecule has 3 rings (SSSR count). The van der Waals surface area contributed by atoms with Crippen LogP contribution in [0.4, 0.5) is 0 Å². The van der Waals surface area contributed by atoms with Crippen LogP contribution in [0, 0.1) is 0 Å². The van der Waals surface area contributed by atoms with Crippen LogP contribution in [0.3, 0.4) is 0 Å². The van der Waals surface area contributed by atoms with Gasteiger partial charge in [-0.25, -0.2) is 8.42 Å². The van der Waals surface area contributed by atoms with E-state index in [1.807, 2.05) is 75.4 Å². The molecular weight excluding hydrogens is 474 g/mol. The minimum atomic E-state index is -3.92. The molecule has 2 unspecified atom stereocenters. The number of carbonyl (C=O) groups excluding carboxylic acids is 2. The quantitative estimate of drug-likeness (QED) is 0.420. The third kappa shape index (κ3) is 6.50. The summed E-state index contributed by atoms with van der Waals surface area (Å²) in [6, 6.07) is 21.1. The van der Waals surface area contributed by atoms with E-state index in [9.17, 15) is 18.0 Å². The predicted octanol–water partition coefficient (Wildman–Crippen LogP) is 4.18. The summed E-state index contributed by atoms with van der Waals surface area (Å²) < 4.78 is 27.7. The molecule has 2 amide bonds.